The van der Waals surface area contributed by atoms with E-state index in [1.165, 1.54) is 6.07 Å². The number of aromatic amines is 2. The van der Waals surface area contributed by atoms with Crippen molar-refractivity contribution in [3.63, 3.8) is 0 Å². The number of hydrogen-bond acceptors (Lipinski definition) is 6. The molecule has 0 atom stereocenters. The fraction of sp³-hybridized carbons (Fsp3) is 0.115. The largest absolute Gasteiger partial charge is 0.335 e. The maximum absolute atomic E-state index is 15.1. The summed E-state index contributed by atoms with van der Waals surface area (Å²) < 4.78 is 15.1. The second-order valence-corrected chi connectivity index (χ2v) is 9.74. The lowest BCUT2D eigenvalue weighted by Crippen LogP contribution is -2.13. The van der Waals surface area contributed by atoms with Crippen LogP contribution in [-0.2, 0) is 4.79 Å². The Hall–Kier alpha value is -4.44. The van der Waals surface area contributed by atoms with Crippen molar-refractivity contribution in [1.82, 2.24) is 30.1 Å². The Morgan fingerprint density at radius 3 is 2.89 bits per heavy atom. The Bertz CT molecular complexity index is 1770. The number of aromatic nitrogens is 6. The van der Waals surface area contributed by atoms with Crippen molar-refractivity contribution < 1.29 is 9.18 Å². The molecule has 1 aliphatic carbocycles. The smallest absolute Gasteiger partial charge is 0.227 e. The van der Waals surface area contributed by atoms with Gasteiger partial charge in [0, 0.05) is 51.3 Å². The van der Waals surface area contributed by atoms with E-state index in [-0.39, 0.29) is 11.8 Å². The van der Waals surface area contributed by atoms with Gasteiger partial charge in [0.05, 0.1) is 22.9 Å². The van der Waals surface area contributed by atoms with Gasteiger partial charge >= 0.3 is 0 Å². The number of nitrogens with zero attached hydrogens (tertiary/aromatic N) is 4. The summed E-state index contributed by atoms with van der Waals surface area (Å²) in [6.07, 6.45) is 6.69. The molecule has 0 bridgehead atoms. The molecule has 3 N–H and O–H groups in total. The van der Waals surface area contributed by atoms with Gasteiger partial charge < -0.3 is 10.3 Å². The summed E-state index contributed by atoms with van der Waals surface area (Å²) in [5.41, 5.74) is 4.97. The molecule has 6 aromatic rings. The maximum atomic E-state index is 15.1. The van der Waals surface area contributed by atoms with E-state index in [9.17, 15) is 4.79 Å². The second-order valence-electron chi connectivity index (χ2n) is 8.80. The third kappa shape index (κ3) is 3.54. The molecule has 0 aliphatic heterocycles. The minimum atomic E-state index is -0.420. The first-order valence-electron chi connectivity index (χ1n) is 11.5. The van der Waals surface area contributed by atoms with Crippen LogP contribution in [0, 0.1) is 11.7 Å². The first-order chi connectivity index (χ1) is 17.6. The van der Waals surface area contributed by atoms with Gasteiger partial charge in [-0.2, -0.15) is 5.10 Å². The Labute approximate surface area is 207 Å². The molecule has 0 spiro atoms. The summed E-state index contributed by atoms with van der Waals surface area (Å²) in [6.45, 7) is 0. The number of thiophene rings is 1. The van der Waals surface area contributed by atoms with Gasteiger partial charge in [0.25, 0.3) is 0 Å². The van der Waals surface area contributed by atoms with Gasteiger partial charge in [0.15, 0.2) is 11.5 Å². The van der Waals surface area contributed by atoms with Gasteiger partial charge in [-0.25, -0.2) is 14.4 Å². The molecule has 8 nitrogen and oxygen atoms in total. The van der Waals surface area contributed by atoms with E-state index in [2.05, 4.69) is 35.5 Å². The number of H-pyrrole nitrogens is 2. The minimum Gasteiger partial charge on any atom is -0.335 e. The highest BCUT2D eigenvalue weighted by Gasteiger charge is 2.29. The number of amides is 1. The van der Waals surface area contributed by atoms with E-state index in [1.54, 1.807) is 42.1 Å². The van der Waals surface area contributed by atoms with Crippen molar-refractivity contribution in [1.29, 1.82) is 0 Å². The van der Waals surface area contributed by atoms with Crippen LogP contribution in [0.4, 0.5) is 10.1 Å². The molecule has 1 amide bonds. The van der Waals surface area contributed by atoms with Crippen molar-refractivity contribution in [2.75, 3.05) is 5.32 Å². The SMILES string of the molecule is O=C(Nc1cncc(-c2cc3c(-c4nc5nccc(-c6cccs6)c5[nH]4)n[nH]c3cc2F)c1)C1CC1. The highest BCUT2D eigenvalue weighted by molar-refractivity contribution is 7.13. The van der Waals surface area contributed by atoms with E-state index >= 15 is 4.39 Å². The first-order valence-corrected chi connectivity index (χ1v) is 12.3. The summed E-state index contributed by atoms with van der Waals surface area (Å²) >= 11 is 1.64. The average molecular weight is 496 g/mol. The minimum absolute atomic E-state index is 0.0255. The number of nitrogens with one attached hydrogen (secondary N) is 3. The molecule has 1 aromatic carbocycles. The number of benzene rings is 1. The van der Waals surface area contributed by atoms with Crippen LogP contribution < -0.4 is 5.32 Å². The van der Waals surface area contributed by atoms with Crippen LogP contribution in [0.5, 0.6) is 0 Å². The molecule has 36 heavy (non-hydrogen) atoms. The van der Waals surface area contributed by atoms with Crippen molar-refractivity contribution in [2.24, 2.45) is 5.92 Å². The van der Waals surface area contributed by atoms with Crippen molar-refractivity contribution in [2.45, 2.75) is 12.8 Å². The van der Waals surface area contributed by atoms with Gasteiger partial charge in [0.2, 0.25) is 5.91 Å². The number of rotatable bonds is 5. The van der Waals surface area contributed by atoms with Crippen LogP contribution in [0.3, 0.4) is 0 Å². The fourth-order valence-corrected chi connectivity index (χ4v) is 5.10. The van der Waals surface area contributed by atoms with Gasteiger partial charge in [-0.05, 0) is 42.5 Å². The molecule has 176 valence electrons. The number of anilines is 1. The lowest BCUT2D eigenvalue weighted by molar-refractivity contribution is -0.117. The summed E-state index contributed by atoms with van der Waals surface area (Å²) in [4.78, 5) is 29.9. The highest BCUT2D eigenvalue weighted by atomic mass is 32.1. The van der Waals surface area contributed by atoms with E-state index in [1.807, 2.05) is 23.6 Å². The van der Waals surface area contributed by atoms with Gasteiger partial charge in [-0.3, -0.25) is 14.9 Å². The predicted octanol–water partition coefficient (Wildman–Crippen LogP) is 5.78. The number of fused-ring (bicyclic) bond motifs is 2. The van der Waals surface area contributed by atoms with Gasteiger partial charge in [-0.15, -0.1) is 11.3 Å². The number of pyridine rings is 2. The summed E-state index contributed by atoms with van der Waals surface area (Å²) in [7, 11) is 0. The van der Waals surface area contributed by atoms with Crippen molar-refractivity contribution >= 4 is 45.0 Å². The molecule has 10 heteroatoms. The lowest BCUT2D eigenvalue weighted by atomic mass is 10.0. The lowest BCUT2D eigenvalue weighted by Gasteiger charge is -2.08. The molecular weight excluding hydrogens is 477 g/mol. The standard InChI is InChI=1S/C26H18FN7OS/c27-19-10-20-18(9-17(19)14-8-15(12-28-11-14)30-26(35)13-3-4-13)23(34-33-20)25-31-22-16(21-2-1-7-36-21)5-6-29-24(22)32-25/h1-2,5-13H,3-4H2,(H,30,35)(H,33,34)(H,29,31,32). The molecule has 7 rings (SSSR count). The van der Waals surface area contributed by atoms with Crippen molar-refractivity contribution in [3.8, 4) is 33.1 Å². The Morgan fingerprint density at radius 1 is 1.14 bits per heavy atom. The van der Waals surface area contributed by atoms with Crippen LogP contribution in [0.2, 0.25) is 0 Å². The summed E-state index contributed by atoms with van der Waals surface area (Å²) in [5, 5.41) is 12.9. The normalized spacial score (nSPS) is 13.5. The third-order valence-electron chi connectivity index (χ3n) is 6.32. The summed E-state index contributed by atoms with van der Waals surface area (Å²) in [6, 6.07) is 10.9. The third-order valence-corrected chi connectivity index (χ3v) is 7.22. The molecule has 5 heterocycles. The Morgan fingerprint density at radius 2 is 2.06 bits per heavy atom. The number of imidazole rings is 1. The Balaban J connectivity index is 1.31. The quantitative estimate of drug-likeness (QED) is 0.281. The van der Waals surface area contributed by atoms with E-state index in [4.69, 9.17) is 0 Å². The second kappa shape index (κ2) is 8.06. The zero-order valence-corrected chi connectivity index (χ0v) is 19.6. The van der Waals surface area contributed by atoms with Gasteiger partial charge in [-0.1, -0.05) is 6.07 Å². The van der Waals surface area contributed by atoms with E-state index in [0.717, 1.165) is 28.8 Å². The average Bonchev–Trinajstić information content (AvgIpc) is 3.26. The Kier molecular flexibility index (Phi) is 4.68. The van der Waals surface area contributed by atoms with Crippen LogP contribution in [0.15, 0.2) is 60.4 Å². The van der Waals surface area contributed by atoms with Crippen molar-refractivity contribution in [3.05, 3.63) is 66.2 Å². The molecule has 1 saturated carbocycles. The van der Waals surface area contributed by atoms with Crippen LogP contribution in [-0.4, -0.2) is 36.0 Å². The number of hydrogen-bond donors (Lipinski definition) is 3. The molecule has 0 unspecified atom stereocenters. The van der Waals surface area contributed by atoms with E-state index < -0.39 is 5.82 Å². The number of halogens is 1. The number of carbonyl (C=O) groups excluding carboxylic acids is 1. The van der Waals surface area contributed by atoms with Crippen LogP contribution >= 0.6 is 11.3 Å². The number of carbonyl (C=O) groups is 1. The predicted molar refractivity (Wildman–Crippen MR) is 137 cm³/mol. The van der Waals surface area contributed by atoms with E-state index in [0.29, 0.717) is 44.9 Å². The zero-order chi connectivity index (χ0) is 24.2. The fourth-order valence-electron chi connectivity index (χ4n) is 4.35. The molecule has 5 aromatic heterocycles. The van der Waals surface area contributed by atoms with Crippen LogP contribution in [0.1, 0.15) is 12.8 Å². The maximum Gasteiger partial charge on any atom is 0.227 e. The zero-order valence-electron chi connectivity index (χ0n) is 18.7. The molecular formula is C26H18FN7OS. The monoisotopic (exact) mass is 495 g/mol. The molecule has 0 saturated heterocycles. The molecule has 0 radical (unpaired) electrons. The van der Waals surface area contributed by atoms with Crippen LogP contribution in [0.25, 0.3) is 55.2 Å². The summed E-state index contributed by atoms with van der Waals surface area (Å²) in [5.74, 6) is 0.154. The molecule has 1 fully saturated rings. The van der Waals surface area contributed by atoms with Gasteiger partial charge in [0.1, 0.15) is 11.5 Å². The topological polar surface area (TPSA) is 112 Å². The highest BCUT2D eigenvalue weighted by Crippen LogP contribution is 2.35. The first kappa shape index (κ1) is 20.9. The molecule has 1 aliphatic rings.